The summed E-state index contributed by atoms with van der Waals surface area (Å²) in [6.07, 6.45) is -1.49. The minimum absolute atomic E-state index is 0.0398. The number of fused-ring (bicyclic) bond motifs is 1. The Balaban J connectivity index is 1.79. The van der Waals surface area contributed by atoms with Crippen LogP contribution in [0.1, 0.15) is 46.3 Å². The van der Waals surface area contributed by atoms with Gasteiger partial charge in [-0.2, -0.15) is 13.2 Å². The number of pyridine rings is 1. The molecule has 1 fully saturated rings. The van der Waals surface area contributed by atoms with Gasteiger partial charge in [0, 0.05) is 17.8 Å². The molecule has 1 aromatic heterocycles. The average Bonchev–Trinajstić information content (AvgIpc) is 3.47. The van der Waals surface area contributed by atoms with Crippen LogP contribution in [-0.4, -0.2) is 45.7 Å². The lowest BCUT2D eigenvalue weighted by Crippen LogP contribution is -2.48. The number of aliphatic carboxylic acids is 1. The second kappa shape index (κ2) is 7.06. The van der Waals surface area contributed by atoms with E-state index in [9.17, 15) is 27.9 Å². The van der Waals surface area contributed by atoms with Crippen molar-refractivity contribution in [3.8, 4) is 5.88 Å². The summed E-state index contributed by atoms with van der Waals surface area (Å²) in [5.41, 5.74) is 0.349. The number of carboxylic acids is 1. The molecule has 0 saturated heterocycles. The van der Waals surface area contributed by atoms with Crippen LogP contribution >= 0.6 is 0 Å². The van der Waals surface area contributed by atoms with Crippen LogP contribution in [0.5, 0.6) is 5.88 Å². The summed E-state index contributed by atoms with van der Waals surface area (Å²) in [6.45, 7) is -1.56. The zero-order valence-corrected chi connectivity index (χ0v) is 15.1. The number of carbonyl (C=O) groups excluding carboxylic acids is 1. The minimum atomic E-state index is -4.69. The molecule has 0 radical (unpaired) electrons. The number of carbonyl (C=O) groups is 2. The van der Waals surface area contributed by atoms with E-state index in [1.165, 1.54) is 36.5 Å². The summed E-state index contributed by atoms with van der Waals surface area (Å²) in [6, 6.07) is 7.47. The number of ether oxygens (including phenoxy) is 1. The fourth-order valence-corrected chi connectivity index (χ4v) is 3.59. The van der Waals surface area contributed by atoms with E-state index < -0.39 is 36.6 Å². The smallest absolute Gasteiger partial charge is 0.406 e. The third kappa shape index (κ3) is 3.90. The molecular weight excluding hydrogens is 389 g/mol. The first kappa shape index (κ1) is 19.2. The molecule has 1 saturated carbocycles. The number of carboxylic acid groups (broad SMARTS) is 1. The molecule has 2 atom stereocenters. The van der Waals surface area contributed by atoms with Crippen LogP contribution in [-0.2, 0) is 4.79 Å². The third-order valence-electron chi connectivity index (χ3n) is 4.97. The molecule has 0 bridgehead atoms. The van der Waals surface area contributed by atoms with E-state index in [-0.39, 0.29) is 22.8 Å². The highest BCUT2D eigenvalue weighted by molar-refractivity contribution is 6.00. The number of halogens is 3. The number of hydrogen-bond donors (Lipinski definition) is 1. The molecule has 1 amide bonds. The molecule has 152 valence electrons. The maximum absolute atomic E-state index is 13.2. The van der Waals surface area contributed by atoms with E-state index in [1.54, 1.807) is 6.07 Å². The van der Waals surface area contributed by atoms with Crippen LogP contribution in [0.25, 0.3) is 0 Å². The first-order valence-corrected chi connectivity index (χ1v) is 9.06. The second-order valence-corrected chi connectivity index (χ2v) is 7.14. The Bertz CT molecular complexity index is 941. The van der Waals surface area contributed by atoms with Crippen molar-refractivity contribution in [3.63, 3.8) is 0 Å². The molecular formula is C20H17F3N2O4. The monoisotopic (exact) mass is 406 g/mol. The fourth-order valence-electron chi connectivity index (χ4n) is 3.59. The molecule has 2 aliphatic rings. The maximum Gasteiger partial charge on any atom is 0.406 e. The average molecular weight is 406 g/mol. The quantitative estimate of drug-likeness (QED) is 0.822. The van der Waals surface area contributed by atoms with E-state index in [0.717, 1.165) is 12.8 Å². The molecule has 1 aromatic carbocycles. The number of hydrogen-bond acceptors (Lipinski definition) is 4. The first-order valence-electron chi connectivity index (χ1n) is 9.06. The van der Waals surface area contributed by atoms with E-state index in [2.05, 4.69) is 4.98 Å². The summed E-state index contributed by atoms with van der Waals surface area (Å²) in [7, 11) is 0. The zero-order valence-electron chi connectivity index (χ0n) is 15.1. The van der Waals surface area contributed by atoms with E-state index in [4.69, 9.17) is 4.74 Å². The lowest BCUT2D eigenvalue weighted by Gasteiger charge is -2.40. The summed E-state index contributed by atoms with van der Waals surface area (Å²) in [5.74, 6) is -3.23. The number of aromatic nitrogens is 1. The van der Waals surface area contributed by atoms with E-state index in [1.807, 2.05) is 0 Å². The van der Waals surface area contributed by atoms with Crippen LogP contribution in [0, 0.1) is 0 Å². The lowest BCUT2D eigenvalue weighted by molar-refractivity contribution is -0.153. The van der Waals surface area contributed by atoms with Crippen molar-refractivity contribution in [2.45, 2.75) is 37.1 Å². The van der Waals surface area contributed by atoms with Gasteiger partial charge in [-0.05, 0) is 30.0 Å². The summed E-state index contributed by atoms with van der Waals surface area (Å²) in [4.78, 5) is 29.6. The van der Waals surface area contributed by atoms with Crippen molar-refractivity contribution < 1.29 is 32.6 Å². The predicted molar refractivity (Wildman–Crippen MR) is 94.5 cm³/mol. The number of amides is 1. The number of rotatable bonds is 5. The van der Waals surface area contributed by atoms with Gasteiger partial charge < -0.3 is 14.7 Å². The highest BCUT2D eigenvalue weighted by Gasteiger charge is 2.48. The SMILES string of the molecule is O=C(O)C1c2ccccc2C(=O)N(CC(F)(F)F)C1c1ccc(OC2CC2)nc1. The third-order valence-corrected chi connectivity index (χ3v) is 4.97. The van der Waals surface area contributed by atoms with Gasteiger partial charge in [-0.3, -0.25) is 9.59 Å². The molecule has 4 rings (SSSR count). The van der Waals surface area contributed by atoms with Crippen LogP contribution in [0.3, 0.4) is 0 Å². The normalized spacial score (nSPS) is 21.6. The largest absolute Gasteiger partial charge is 0.481 e. The predicted octanol–water partition coefficient (Wildman–Crippen LogP) is 3.55. The van der Waals surface area contributed by atoms with Crippen LogP contribution in [0.15, 0.2) is 42.6 Å². The molecule has 2 heterocycles. The Hall–Kier alpha value is -3.10. The van der Waals surface area contributed by atoms with Crippen LogP contribution < -0.4 is 4.74 Å². The van der Waals surface area contributed by atoms with Crippen molar-refractivity contribution in [1.29, 1.82) is 0 Å². The van der Waals surface area contributed by atoms with Gasteiger partial charge in [0.2, 0.25) is 5.88 Å². The molecule has 0 spiro atoms. The summed E-state index contributed by atoms with van der Waals surface area (Å²) in [5, 5.41) is 9.84. The van der Waals surface area contributed by atoms with Crippen molar-refractivity contribution in [2.24, 2.45) is 0 Å². The highest BCUT2D eigenvalue weighted by Crippen LogP contribution is 2.44. The fraction of sp³-hybridized carbons (Fsp3) is 0.350. The minimum Gasteiger partial charge on any atom is -0.481 e. The topological polar surface area (TPSA) is 79.7 Å². The maximum atomic E-state index is 13.2. The molecule has 6 nitrogen and oxygen atoms in total. The van der Waals surface area contributed by atoms with Gasteiger partial charge in [0.15, 0.2) is 0 Å². The van der Waals surface area contributed by atoms with Crippen molar-refractivity contribution in [2.75, 3.05) is 6.54 Å². The molecule has 2 unspecified atom stereocenters. The Kier molecular flexibility index (Phi) is 4.68. The number of benzene rings is 1. The van der Waals surface area contributed by atoms with Crippen molar-refractivity contribution in [1.82, 2.24) is 9.88 Å². The van der Waals surface area contributed by atoms with Crippen LogP contribution in [0.4, 0.5) is 13.2 Å². The molecule has 2 aromatic rings. The Morgan fingerprint density at radius 3 is 2.52 bits per heavy atom. The lowest BCUT2D eigenvalue weighted by atomic mass is 9.80. The molecule has 29 heavy (non-hydrogen) atoms. The molecule has 9 heteroatoms. The zero-order chi connectivity index (χ0) is 20.8. The summed E-state index contributed by atoms with van der Waals surface area (Å²) >= 11 is 0. The van der Waals surface area contributed by atoms with Crippen LogP contribution in [0.2, 0.25) is 0 Å². The van der Waals surface area contributed by atoms with Gasteiger partial charge in [-0.25, -0.2) is 4.98 Å². The highest BCUT2D eigenvalue weighted by atomic mass is 19.4. The molecule has 1 aliphatic heterocycles. The summed E-state index contributed by atoms with van der Waals surface area (Å²) < 4.78 is 45.3. The first-order chi connectivity index (χ1) is 13.7. The van der Waals surface area contributed by atoms with Crippen molar-refractivity contribution >= 4 is 11.9 Å². The van der Waals surface area contributed by atoms with Gasteiger partial charge in [-0.15, -0.1) is 0 Å². The Morgan fingerprint density at radius 2 is 1.93 bits per heavy atom. The second-order valence-electron chi connectivity index (χ2n) is 7.14. The Labute approximate surface area is 163 Å². The van der Waals surface area contributed by atoms with E-state index in [0.29, 0.717) is 10.8 Å². The van der Waals surface area contributed by atoms with Gasteiger partial charge >= 0.3 is 12.1 Å². The number of nitrogens with zero attached hydrogens (tertiary/aromatic N) is 2. The van der Waals surface area contributed by atoms with Gasteiger partial charge in [0.25, 0.3) is 5.91 Å². The van der Waals surface area contributed by atoms with Gasteiger partial charge in [0.05, 0.1) is 6.04 Å². The Morgan fingerprint density at radius 1 is 1.21 bits per heavy atom. The number of alkyl halides is 3. The van der Waals surface area contributed by atoms with Gasteiger partial charge in [0.1, 0.15) is 18.6 Å². The van der Waals surface area contributed by atoms with Crippen molar-refractivity contribution in [3.05, 3.63) is 59.3 Å². The standard InChI is InChI=1S/C20H17F3N2O4/c21-20(22,23)10-25-17(11-5-8-15(24-9-11)29-12-6-7-12)16(19(27)28)13-3-1-2-4-14(13)18(25)26/h1-5,8-9,12,16-17H,6-7,10H2,(H,27,28). The molecule has 1 aliphatic carbocycles. The van der Waals surface area contributed by atoms with E-state index >= 15 is 0 Å². The van der Waals surface area contributed by atoms with Gasteiger partial charge in [-0.1, -0.05) is 24.3 Å². The molecule has 1 N–H and O–H groups in total.